The molecule has 1 unspecified atom stereocenters. The summed E-state index contributed by atoms with van der Waals surface area (Å²) in [5.41, 5.74) is 5.60. The zero-order chi connectivity index (χ0) is 33.8. The molecule has 0 saturated heterocycles. The highest BCUT2D eigenvalue weighted by atomic mass is 79.9. The van der Waals surface area contributed by atoms with Crippen molar-refractivity contribution < 1.29 is 14.3 Å². The number of para-hydroxylation sites is 1. The van der Waals surface area contributed by atoms with Gasteiger partial charge in [0.05, 0.1) is 16.7 Å². The van der Waals surface area contributed by atoms with Crippen molar-refractivity contribution in [1.82, 2.24) is 14.8 Å². The summed E-state index contributed by atoms with van der Waals surface area (Å²) in [6.45, 7) is 6.52. The van der Waals surface area contributed by atoms with Crippen molar-refractivity contribution in [3.8, 4) is 11.5 Å². The molecule has 48 heavy (non-hydrogen) atoms. The zero-order valence-corrected chi connectivity index (χ0v) is 31.1. The average molecular weight is 810 g/mol. The number of halogens is 3. The van der Waals surface area contributed by atoms with Gasteiger partial charge in [-0.3, -0.25) is 4.79 Å². The van der Waals surface area contributed by atoms with Crippen LogP contribution in [-0.4, -0.2) is 27.3 Å². The Labute approximate surface area is 305 Å². The van der Waals surface area contributed by atoms with E-state index in [1.165, 1.54) is 11.8 Å². The number of amides is 1. The first-order chi connectivity index (χ1) is 23.2. The lowest BCUT2D eigenvalue weighted by Gasteiger charge is -2.29. The fourth-order valence-corrected chi connectivity index (χ4v) is 7.52. The largest absolute Gasteiger partial charge is 0.490 e. The standard InChI is InChI=1S/C36H32Br2ClN5O3S/c1-4-46-30-18-25(17-27(38)33(30)47-19-23-11-9-13-26(37)16-23)32-31(34(45)41-29-15-8-5-10-21(29)2)22(3)40-35-42-36(43-44(32)35)48-20-24-12-6-7-14-28(24)39/h5-18,32H,4,19-20H2,1-3H3,(H,41,45)(H,40,42,43). The minimum absolute atomic E-state index is 0.255. The number of benzene rings is 4. The number of ether oxygens (including phenoxy) is 2. The lowest BCUT2D eigenvalue weighted by Crippen LogP contribution is -2.31. The van der Waals surface area contributed by atoms with Gasteiger partial charge in [-0.2, -0.15) is 4.98 Å². The summed E-state index contributed by atoms with van der Waals surface area (Å²) in [6.07, 6.45) is 0. The van der Waals surface area contributed by atoms with Crippen molar-refractivity contribution in [2.24, 2.45) is 0 Å². The summed E-state index contributed by atoms with van der Waals surface area (Å²) in [5, 5.41) is 12.6. The first-order valence-electron chi connectivity index (χ1n) is 15.2. The van der Waals surface area contributed by atoms with Crippen LogP contribution in [-0.2, 0) is 17.2 Å². The van der Waals surface area contributed by atoms with Crippen molar-refractivity contribution in [3.63, 3.8) is 0 Å². The van der Waals surface area contributed by atoms with Crippen LogP contribution in [0.1, 0.15) is 42.1 Å². The Balaban J connectivity index is 1.39. The molecular formula is C36H32Br2ClN5O3S. The van der Waals surface area contributed by atoms with Crippen LogP contribution in [0, 0.1) is 6.92 Å². The number of aryl methyl sites for hydroxylation is 1. The van der Waals surface area contributed by atoms with Gasteiger partial charge in [-0.1, -0.05) is 87.8 Å². The van der Waals surface area contributed by atoms with Crippen LogP contribution < -0.4 is 20.1 Å². The number of fused-ring (bicyclic) bond motifs is 1. The predicted molar refractivity (Wildman–Crippen MR) is 199 cm³/mol. The number of carbonyl (C=O) groups excluding carboxylic acids is 1. The van der Waals surface area contributed by atoms with Gasteiger partial charge in [0.15, 0.2) is 11.5 Å². The molecule has 0 fully saturated rings. The smallest absolute Gasteiger partial charge is 0.255 e. The molecule has 1 aromatic heterocycles. The molecule has 1 amide bonds. The van der Waals surface area contributed by atoms with Gasteiger partial charge in [0.1, 0.15) is 12.6 Å². The Morgan fingerprint density at radius 1 is 1.02 bits per heavy atom. The molecular weight excluding hydrogens is 778 g/mol. The molecule has 2 heterocycles. The molecule has 1 aliphatic rings. The van der Waals surface area contributed by atoms with Crippen LogP contribution >= 0.6 is 55.2 Å². The van der Waals surface area contributed by atoms with Crippen LogP contribution in [0.25, 0.3) is 0 Å². The van der Waals surface area contributed by atoms with Crippen LogP contribution in [0.15, 0.2) is 110 Å². The molecule has 0 saturated carbocycles. The number of rotatable bonds is 11. The first-order valence-corrected chi connectivity index (χ1v) is 18.2. The van der Waals surface area contributed by atoms with Gasteiger partial charge >= 0.3 is 0 Å². The maximum atomic E-state index is 14.2. The predicted octanol–water partition coefficient (Wildman–Crippen LogP) is 9.96. The van der Waals surface area contributed by atoms with E-state index in [-0.39, 0.29) is 5.91 Å². The Hall–Kier alpha value is -3.77. The number of carbonyl (C=O) groups is 1. The van der Waals surface area contributed by atoms with E-state index in [9.17, 15) is 4.79 Å². The number of nitrogens with one attached hydrogen (secondary N) is 2. The summed E-state index contributed by atoms with van der Waals surface area (Å²) in [5.74, 6) is 1.97. The van der Waals surface area contributed by atoms with E-state index in [4.69, 9.17) is 31.2 Å². The number of thioether (sulfide) groups is 1. The molecule has 2 N–H and O–H groups in total. The first kappa shape index (κ1) is 34.1. The molecule has 246 valence electrons. The molecule has 1 atom stereocenters. The lowest BCUT2D eigenvalue weighted by molar-refractivity contribution is -0.113. The lowest BCUT2D eigenvalue weighted by atomic mass is 9.94. The fraction of sp³-hybridized carbons (Fsp3) is 0.194. The number of hydrogen-bond acceptors (Lipinski definition) is 7. The monoisotopic (exact) mass is 807 g/mol. The van der Waals surface area contributed by atoms with E-state index in [1.54, 1.807) is 4.68 Å². The van der Waals surface area contributed by atoms with Gasteiger partial charge in [0, 0.05) is 26.6 Å². The Kier molecular flexibility index (Phi) is 10.8. The van der Waals surface area contributed by atoms with Crippen LogP contribution in [0.4, 0.5) is 11.6 Å². The topological polar surface area (TPSA) is 90.3 Å². The van der Waals surface area contributed by atoms with Crippen molar-refractivity contribution in [2.75, 3.05) is 17.2 Å². The molecule has 0 spiro atoms. The van der Waals surface area contributed by atoms with Gasteiger partial charge < -0.3 is 20.1 Å². The number of aromatic nitrogens is 3. The molecule has 12 heteroatoms. The summed E-state index contributed by atoms with van der Waals surface area (Å²) in [7, 11) is 0. The van der Waals surface area contributed by atoms with Gasteiger partial charge in [-0.15, -0.1) is 5.10 Å². The number of hydrogen-bond donors (Lipinski definition) is 2. The molecule has 6 rings (SSSR count). The van der Waals surface area contributed by atoms with E-state index < -0.39 is 6.04 Å². The van der Waals surface area contributed by atoms with Crippen molar-refractivity contribution in [1.29, 1.82) is 0 Å². The molecule has 0 aliphatic carbocycles. The van der Waals surface area contributed by atoms with E-state index in [2.05, 4.69) is 42.5 Å². The molecule has 4 aromatic carbocycles. The minimum Gasteiger partial charge on any atom is -0.490 e. The average Bonchev–Trinajstić information content (AvgIpc) is 3.46. The number of allylic oxidation sites excluding steroid dienone is 1. The highest BCUT2D eigenvalue weighted by Crippen LogP contribution is 2.44. The minimum atomic E-state index is -0.637. The fourth-order valence-electron chi connectivity index (χ4n) is 5.39. The molecule has 1 aliphatic heterocycles. The second-order valence-corrected chi connectivity index (χ2v) is 14.2. The highest BCUT2D eigenvalue weighted by molar-refractivity contribution is 9.10. The Bertz CT molecular complexity index is 2020. The molecule has 8 nitrogen and oxygen atoms in total. The second kappa shape index (κ2) is 15.2. The third kappa shape index (κ3) is 7.59. The van der Waals surface area contributed by atoms with Crippen molar-refractivity contribution >= 4 is 72.8 Å². The third-order valence-electron chi connectivity index (χ3n) is 7.71. The quantitative estimate of drug-likeness (QED) is 0.129. The SMILES string of the molecule is CCOc1cc(C2C(C(=O)Nc3ccccc3C)=C(C)Nc3nc(SCc4ccccc4Cl)nn32)cc(Br)c1OCc1cccc(Br)c1. The van der Waals surface area contributed by atoms with Crippen LogP contribution in [0.2, 0.25) is 5.02 Å². The second-order valence-electron chi connectivity index (χ2n) is 11.1. The molecule has 5 aromatic rings. The van der Waals surface area contributed by atoms with Crippen molar-refractivity contribution in [3.05, 3.63) is 132 Å². The zero-order valence-electron chi connectivity index (χ0n) is 26.4. The normalized spacial score (nSPS) is 13.9. The maximum absolute atomic E-state index is 14.2. The molecule has 0 bridgehead atoms. The van der Waals surface area contributed by atoms with Gasteiger partial charge in [0.2, 0.25) is 11.1 Å². The van der Waals surface area contributed by atoms with E-state index >= 15 is 0 Å². The van der Waals surface area contributed by atoms with Crippen LogP contribution in [0.5, 0.6) is 11.5 Å². The van der Waals surface area contributed by atoms with Gasteiger partial charge in [-0.05, 0) is 95.4 Å². The van der Waals surface area contributed by atoms with E-state index in [0.717, 1.165) is 32.4 Å². The molecule has 0 radical (unpaired) electrons. The maximum Gasteiger partial charge on any atom is 0.255 e. The highest BCUT2D eigenvalue weighted by Gasteiger charge is 2.35. The summed E-state index contributed by atoms with van der Waals surface area (Å²) in [6, 6.07) is 26.6. The number of anilines is 2. The summed E-state index contributed by atoms with van der Waals surface area (Å²) < 4.78 is 15.8. The number of nitrogens with zero attached hydrogens (tertiary/aromatic N) is 3. The van der Waals surface area contributed by atoms with Crippen LogP contribution in [0.3, 0.4) is 0 Å². The third-order valence-corrected chi connectivity index (χ3v) is 10.0. The summed E-state index contributed by atoms with van der Waals surface area (Å²) >= 11 is 15.2. The van der Waals surface area contributed by atoms with Gasteiger partial charge in [-0.25, -0.2) is 4.68 Å². The summed E-state index contributed by atoms with van der Waals surface area (Å²) in [4.78, 5) is 19.0. The van der Waals surface area contributed by atoms with Gasteiger partial charge in [0.25, 0.3) is 5.91 Å². The van der Waals surface area contributed by atoms with E-state index in [1.807, 2.05) is 106 Å². The van der Waals surface area contributed by atoms with E-state index in [0.29, 0.717) is 62.3 Å². The Morgan fingerprint density at radius 2 is 1.81 bits per heavy atom. The Morgan fingerprint density at radius 3 is 2.58 bits per heavy atom. The van der Waals surface area contributed by atoms with Crippen molar-refractivity contribution in [2.45, 2.75) is 44.3 Å².